The van der Waals surface area contributed by atoms with Crippen LogP contribution < -0.4 is 4.74 Å². The average molecular weight is 469 g/mol. The van der Waals surface area contributed by atoms with E-state index in [9.17, 15) is 5.11 Å². The first-order chi connectivity index (χ1) is 17.0. The minimum atomic E-state index is 0.0116. The Balaban J connectivity index is 0.000000356. The van der Waals surface area contributed by atoms with Gasteiger partial charge in [0, 0.05) is 5.56 Å². The van der Waals surface area contributed by atoms with Crippen LogP contribution in [0.2, 0.25) is 0 Å². The SMILES string of the molecule is CN1CCCCC1.COc1cc(-c2ccc(C#N)cc2)c(-c2ccc(CO)c(C)c2)n2cncc12. The number of nitriles is 1. The monoisotopic (exact) mass is 468 g/mol. The van der Waals surface area contributed by atoms with Crippen molar-refractivity contribution in [2.24, 2.45) is 0 Å². The van der Waals surface area contributed by atoms with Crippen LogP contribution >= 0.6 is 0 Å². The molecule has 4 aromatic rings. The molecule has 1 aliphatic rings. The summed E-state index contributed by atoms with van der Waals surface area (Å²) in [6.45, 7) is 4.64. The number of fused-ring (bicyclic) bond motifs is 1. The summed E-state index contributed by atoms with van der Waals surface area (Å²) < 4.78 is 7.61. The van der Waals surface area contributed by atoms with Gasteiger partial charge < -0.3 is 14.7 Å². The number of methoxy groups -OCH3 is 1. The number of nitrogens with zero attached hydrogens (tertiary/aromatic N) is 4. The molecule has 5 rings (SSSR count). The van der Waals surface area contributed by atoms with Gasteiger partial charge in [-0.3, -0.25) is 4.40 Å². The lowest BCUT2D eigenvalue weighted by Gasteiger charge is -2.20. The molecule has 0 radical (unpaired) electrons. The molecule has 1 N–H and O–H groups in total. The summed E-state index contributed by atoms with van der Waals surface area (Å²) >= 11 is 0. The molecule has 0 spiro atoms. The Bertz CT molecular complexity index is 1330. The molecule has 180 valence electrons. The number of hydrogen-bond acceptors (Lipinski definition) is 5. The minimum absolute atomic E-state index is 0.0116. The van der Waals surface area contributed by atoms with Crippen molar-refractivity contribution < 1.29 is 9.84 Å². The van der Waals surface area contributed by atoms with Gasteiger partial charge in [-0.15, -0.1) is 0 Å². The van der Waals surface area contributed by atoms with Crippen molar-refractivity contribution in [2.75, 3.05) is 27.2 Å². The van der Waals surface area contributed by atoms with Gasteiger partial charge in [0.25, 0.3) is 0 Å². The van der Waals surface area contributed by atoms with Gasteiger partial charge in [-0.25, -0.2) is 4.98 Å². The highest BCUT2D eigenvalue weighted by Gasteiger charge is 2.17. The van der Waals surface area contributed by atoms with Crippen LogP contribution in [-0.4, -0.2) is 46.6 Å². The van der Waals surface area contributed by atoms with Gasteiger partial charge in [-0.2, -0.15) is 5.26 Å². The van der Waals surface area contributed by atoms with Gasteiger partial charge in [-0.1, -0.05) is 30.7 Å². The summed E-state index contributed by atoms with van der Waals surface area (Å²) in [4.78, 5) is 6.71. The molecule has 1 aliphatic heterocycles. The number of imidazole rings is 1. The molecule has 0 saturated carbocycles. The summed E-state index contributed by atoms with van der Waals surface area (Å²) in [6.07, 6.45) is 7.83. The normalized spacial score (nSPS) is 13.7. The third kappa shape index (κ3) is 5.37. The zero-order valence-corrected chi connectivity index (χ0v) is 20.7. The maximum absolute atomic E-state index is 9.51. The predicted octanol–water partition coefficient (Wildman–Crippen LogP) is 5.45. The summed E-state index contributed by atoms with van der Waals surface area (Å²) in [5.41, 5.74) is 7.36. The van der Waals surface area contributed by atoms with Crippen LogP contribution in [0.5, 0.6) is 5.75 Å². The third-order valence-corrected chi connectivity index (χ3v) is 6.57. The molecule has 0 atom stereocenters. The Morgan fingerprint density at radius 1 is 1.03 bits per heavy atom. The zero-order chi connectivity index (χ0) is 24.8. The smallest absolute Gasteiger partial charge is 0.145 e. The number of pyridine rings is 1. The van der Waals surface area contributed by atoms with E-state index in [0.717, 1.165) is 44.8 Å². The molecule has 0 amide bonds. The Labute approximate surface area is 207 Å². The summed E-state index contributed by atoms with van der Waals surface area (Å²) in [6, 6.07) is 17.7. The van der Waals surface area contributed by atoms with Crippen LogP contribution in [0.15, 0.2) is 61.1 Å². The molecule has 6 nitrogen and oxygen atoms in total. The van der Waals surface area contributed by atoms with Crippen molar-refractivity contribution in [3.8, 4) is 34.2 Å². The molecular formula is C29H32N4O2. The lowest BCUT2D eigenvalue weighted by Crippen LogP contribution is -2.24. The molecule has 3 heterocycles. The molecule has 0 unspecified atom stereocenters. The van der Waals surface area contributed by atoms with Crippen LogP contribution in [0, 0.1) is 18.3 Å². The van der Waals surface area contributed by atoms with Crippen LogP contribution in [-0.2, 0) is 6.61 Å². The quantitative estimate of drug-likeness (QED) is 0.431. The molecule has 1 saturated heterocycles. The number of aromatic nitrogens is 2. The van der Waals surface area contributed by atoms with Gasteiger partial charge in [0.05, 0.1) is 43.6 Å². The maximum Gasteiger partial charge on any atom is 0.145 e. The number of piperidine rings is 1. The Kier molecular flexibility index (Phi) is 7.81. The number of aliphatic hydroxyl groups excluding tert-OH is 1. The highest BCUT2D eigenvalue weighted by molar-refractivity contribution is 5.86. The molecule has 35 heavy (non-hydrogen) atoms. The average Bonchev–Trinajstić information content (AvgIpc) is 3.38. The molecule has 0 aliphatic carbocycles. The van der Waals surface area contributed by atoms with Crippen LogP contribution in [0.3, 0.4) is 0 Å². The lowest BCUT2D eigenvalue weighted by atomic mass is 9.95. The number of rotatable bonds is 4. The van der Waals surface area contributed by atoms with E-state index in [4.69, 9.17) is 10.00 Å². The van der Waals surface area contributed by atoms with Crippen LogP contribution in [0.25, 0.3) is 27.9 Å². The van der Waals surface area contributed by atoms with Crippen LogP contribution in [0.4, 0.5) is 0 Å². The fraction of sp³-hybridized carbons (Fsp3) is 0.310. The first kappa shape index (κ1) is 24.5. The van der Waals surface area contributed by atoms with E-state index < -0.39 is 0 Å². The second-order valence-electron chi connectivity index (χ2n) is 8.98. The van der Waals surface area contributed by atoms with Crippen LogP contribution in [0.1, 0.15) is 36.0 Å². The van der Waals surface area contributed by atoms with Gasteiger partial charge in [0.1, 0.15) is 11.3 Å². The van der Waals surface area contributed by atoms with E-state index in [2.05, 4.69) is 29.1 Å². The van der Waals surface area contributed by atoms with E-state index in [1.165, 1.54) is 32.4 Å². The summed E-state index contributed by atoms with van der Waals surface area (Å²) in [7, 11) is 3.84. The molecular weight excluding hydrogens is 436 g/mol. The topological polar surface area (TPSA) is 73.8 Å². The molecule has 2 aromatic carbocycles. The highest BCUT2D eigenvalue weighted by atomic mass is 16.5. The summed E-state index contributed by atoms with van der Waals surface area (Å²) in [5, 5.41) is 18.6. The molecule has 2 aromatic heterocycles. The van der Waals surface area contributed by atoms with Gasteiger partial charge >= 0.3 is 0 Å². The first-order valence-corrected chi connectivity index (χ1v) is 12.0. The van der Waals surface area contributed by atoms with E-state index in [1.54, 1.807) is 19.6 Å². The Morgan fingerprint density at radius 3 is 2.31 bits per heavy atom. The van der Waals surface area contributed by atoms with Gasteiger partial charge in [0.2, 0.25) is 0 Å². The second kappa shape index (κ2) is 11.2. The number of aliphatic hydroxyl groups is 1. The fourth-order valence-corrected chi connectivity index (χ4v) is 4.53. The van der Waals surface area contributed by atoms with E-state index in [1.807, 2.05) is 53.8 Å². The van der Waals surface area contributed by atoms with Crippen molar-refractivity contribution >= 4 is 5.52 Å². The van der Waals surface area contributed by atoms with E-state index in [0.29, 0.717) is 5.56 Å². The van der Waals surface area contributed by atoms with Gasteiger partial charge in [-0.05, 0) is 86.4 Å². The largest absolute Gasteiger partial charge is 0.494 e. The number of hydrogen-bond donors (Lipinski definition) is 1. The van der Waals surface area contributed by atoms with Crippen molar-refractivity contribution in [3.05, 3.63) is 77.7 Å². The first-order valence-electron chi connectivity index (χ1n) is 12.0. The predicted molar refractivity (Wildman–Crippen MR) is 139 cm³/mol. The molecule has 6 heteroatoms. The Morgan fingerprint density at radius 2 is 1.74 bits per heavy atom. The third-order valence-electron chi connectivity index (χ3n) is 6.57. The van der Waals surface area contributed by atoms with Crippen molar-refractivity contribution in [2.45, 2.75) is 32.8 Å². The molecule has 0 bridgehead atoms. The Hall–Kier alpha value is -3.66. The standard InChI is InChI=1S/C23H19N3O2.C6H13N/c1-15-9-18(7-8-19(15)13-27)23-20(17-5-3-16(11-24)4-6-17)10-22(28-2)21-12-25-14-26(21)23;1-7-5-3-2-4-6-7/h3-10,12,14,27H,13H2,1-2H3;2-6H2,1H3. The number of likely N-dealkylation sites (tertiary alicyclic amines) is 1. The van der Waals surface area contributed by atoms with E-state index >= 15 is 0 Å². The van der Waals surface area contributed by atoms with Crippen molar-refractivity contribution in [3.63, 3.8) is 0 Å². The number of ether oxygens (including phenoxy) is 1. The second-order valence-corrected chi connectivity index (χ2v) is 8.98. The van der Waals surface area contributed by atoms with Crippen molar-refractivity contribution in [1.82, 2.24) is 14.3 Å². The maximum atomic E-state index is 9.51. The number of benzene rings is 2. The lowest BCUT2D eigenvalue weighted by molar-refractivity contribution is 0.277. The van der Waals surface area contributed by atoms with E-state index in [-0.39, 0.29) is 6.61 Å². The minimum Gasteiger partial charge on any atom is -0.494 e. The zero-order valence-electron chi connectivity index (χ0n) is 20.7. The fourth-order valence-electron chi connectivity index (χ4n) is 4.53. The highest BCUT2D eigenvalue weighted by Crippen LogP contribution is 2.38. The van der Waals surface area contributed by atoms with Crippen molar-refractivity contribution in [1.29, 1.82) is 5.26 Å². The molecule has 1 fully saturated rings. The summed E-state index contributed by atoms with van der Waals surface area (Å²) in [5.74, 6) is 0.726. The number of aryl methyl sites for hydroxylation is 1. The van der Waals surface area contributed by atoms with Gasteiger partial charge in [0.15, 0.2) is 0 Å².